The smallest absolute Gasteiger partial charge is 0.320 e. The second-order valence-corrected chi connectivity index (χ2v) is 10.1. The largest absolute Gasteiger partial charge is 0.493 e. The van der Waals surface area contributed by atoms with E-state index in [0.717, 1.165) is 79.5 Å². The van der Waals surface area contributed by atoms with Gasteiger partial charge in [0.1, 0.15) is 5.75 Å². The topological polar surface area (TPSA) is 98.1 Å². The molecule has 2 aliphatic heterocycles. The number of carbonyl (C=O) groups excluding carboxylic acids is 1. The summed E-state index contributed by atoms with van der Waals surface area (Å²) in [4.78, 5) is 29.8. The first kappa shape index (κ1) is 23.3. The minimum atomic E-state index is 0.147. The van der Waals surface area contributed by atoms with Crippen molar-refractivity contribution in [3.63, 3.8) is 0 Å². The summed E-state index contributed by atoms with van der Waals surface area (Å²) in [7, 11) is 0. The van der Waals surface area contributed by atoms with Gasteiger partial charge >= 0.3 is 6.03 Å². The van der Waals surface area contributed by atoms with Crippen molar-refractivity contribution in [1.29, 1.82) is 5.26 Å². The number of likely N-dealkylation sites (tertiary alicyclic amines) is 2. The number of aromatic nitrogens is 3. The second-order valence-electron chi connectivity index (χ2n) is 10.1. The van der Waals surface area contributed by atoms with Crippen LogP contribution in [0.4, 0.5) is 4.79 Å². The first-order valence-electron chi connectivity index (χ1n) is 13.1. The van der Waals surface area contributed by atoms with E-state index in [-0.39, 0.29) is 6.03 Å². The Hall–Kier alpha value is -4.12. The van der Waals surface area contributed by atoms with E-state index in [0.29, 0.717) is 24.0 Å². The SMILES string of the molecule is N#Cc1ccc(OCC2CCCN(C(=O)N3CCC(c4cnc5ncc6[nH]cccc6c45)CC3)C2)cc1. The average Bonchev–Trinajstić information content (AvgIpc) is 3.41. The Bertz CT molecular complexity index is 1450. The van der Waals surface area contributed by atoms with E-state index in [1.165, 1.54) is 5.56 Å². The average molecular weight is 495 g/mol. The molecule has 2 saturated heterocycles. The molecule has 0 spiro atoms. The summed E-state index contributed by atoms with van der Waals surface area (Å²) in [5.41, 5.74) is 3.68. The first-order chi connectivity index (χ1) is 18.2. The molecule has 1 atom stereocenters. The maximum absolute atomic E-state index is 13.4. The monoisotopic (exact) mass is 494 g/mol. The van der Waals surface area contributed by atoms with Gasteiger partial charge in [-0.2, -0.15) is 5.26 Å². The van der Waals surface area contributed by atoms with Gasteiger partial charge in [0.25, 0.3) is 0 Å². The highest BCUT2D eigenvalue weighted by Gasteiger charge is 2.31. The van der Waals surface area contributed by atoms with Gasteiger partial charge < -0.3 is 19.5 Å². The van der Waals surface area contributed by atoms with Crippen molar-refractivity contribution < 1.29 is 9.53 Å². The molecular weight excluding hydrogens is 464 g/mol. The number of aromatic amines is 1. The zero-order chi connectivity index (χ0) is 25.2. The molecule has 37 heavy (non-hydrogen) atoms. The molecule has 8 nitrogen and oxygen atoms in total. The summed E-state index contributed by atoms with van der Waals surface area (Å²) in [6.07, 6.45) is 9.65. The second kappa shape index (κ2) is 10.1. The van der Waals surface area contributed by atoms with Crippen LogP contribution in [0.3, 0.4) is 0 Å². The molecule has 4 aromatic rings. The van der Waals surface area contributed by atoms with Crippen molar-refractivity contribution in [2.24, 2.45) is 5.92 Å². The number of hydrogen-bond donors (Lipinski definition) is 1. The van der Waals surface area contributed by atoms with Crippen LogP contribution >= 0.6 is 0 Å². The van der Waals surface area contributed by atoms with Crippen LogP contribution in [0.5, 0.6) is 5.75 Å². The molecular formula is C29H30N6O2. The zero-order valence-corrected chi connectivity index (χ0v) is 20.8. The number of nitrogens with one attached hydrogen (secondary N) is 1. The van der Waals surface area contributed by atoms with Crippen LogP contribution in [-0.4, -0.2) is 63.6 Å². The van der Waals surface area contributed by atoms with Crippen molar-refractivity contribution in [2.75, 3.05) is 32.8 Å². The molecule has 6 rings (SSSR count). The number of H-pyrrole nitrogens is 1. The number of benzene rings is 1. The van der Waals surface area contributed by atoms with E-state index >= 15 is 0 Å². The van der Waals surface area contributed by atoms with E-state index < -0.39 is 0 Å². The van der Waals surface area contributed by atoms with Crippen molar-refractivity contribution >= 4 is 28.0 Å². The van der Waals surface area contributed by atoms with Crippen LogP contribution in [0.2, 0.25) is 0 Å². The third kappa shape index (κ3) is 4.69. The molecule has 2 amide bonds. The van der Waals surface area contributed by atoms with Gasteiger partial charge in [-0.05, 0) is 67.5 Å². The van der Waals surface area contributed by atoms with Crippen LogP contribution in [-0.2, 0) is 0 Å². The maximum atomic E-state index is 13.4. The van der Waals surface area contributed by atoms with E-state index in [2.05, 4.69) is 27.1 Å². The van der Waals surface area contributed by atoms with Gasteiger partial charge in [-0.25, -0.2) is 14.8 Å². The highest BCUT2D eigenvalue weighted by molar-refractivity contribution is 6.05. The van der Waals surface area contributed by atoms with Crippen LogP contribution in [0.1, 0.15) is 42.7 Å². The molecule has 0 saturated carbocycles. The van der Waals surface area contributed by atoms with Crippen LogP contribution < -0.4 is 4.74 Å². The van der Waals surface area contributed by atoms with Gasteiger partial charge in [-0.15, -0.1) is 0 Å². The Morgan fingerprint density at radius 2 is 1.86 bits per heavy atom. The number of piperidine rings is 2. The Morgan fingerprint density at radius 3 is 2.68 bits per heavy atom. The molecule has 0 radical (unpaired) electrons. The van der Waals surface area contributed by atoms with E-state index in [1.807, 2.05) is 46.6 Å². The summed E-state index contributed by atoms with van der Waals surface area (Å²) in [6, 6.07) is 13.6. The number of urea groups is 1. The fraction of sp³-hybridized carbons (Fsp3) is 0.379. The summed E-state index contributed by atoms with van der Waals surface area (Å²) in [5, 5.41) is 11.2. The Morgan fingerprint density at radius 1 is 1.05 bits per heavy atom. The minimum absolute atomic E-state index is 0.147. The van der Waals surface area contributed by atoms with Crippen LogP contribution in [0.15, 0.2) is 55.0 Å². The summed E-state index contributed by atoms with van der Waals surface area (Å²) in [5.74, 6) is 1.45. The van der Waals surface area contributed by atoms with Crippen LogP contribution in [0.25, 0.3) is 21.9 Å². The maximum Gasteiger partial charge on any atom is 0.320 e. The van der Waals surface area contributed by atoms with Crippen molar-refractivity contribution in [2.45, 2.75) is 31.6 Å². The van der Waals surface area contributed by atoms with Gasteiger partial charge in [0.15, 0.2) is 5.65 Å². The molecule has 1 unspecified atom stereocenters. The lowest BCUT2D eigenvalue weighted by Gasteiger charge is -2.39. The number of carbonyl (C=O) groups is 1. The number of nitrogens with zero attached hydrogens (tertiary/aromatic N) is 5. The van der Waals surface area contributed by atoms with Crippen molar-refractivity contribution in [3.05, 3.63) is 66.1 Å². The van der Waals surface area contributed by atoms with Crippen molar-refractivity contribution in [3.8, 4) is 11.8 Å². The summed E-state index contributed by atoms with van der Waals surface area (Å²) >= 11 is 0. The molecule has 8 heteroatoms. The normalized spacial score (nSPS) is 18.7. The van der Waals surface area contributed by atoms with E-state index in [1.54, 1.807) is 12.1 Å². The molecule has 5 heterocycles. The lowest BCUT2D eigenvalue weighted by atomic mass is 9.88. The number of amides is 2. The van der Waals surface area contributed by atoms with Crippen LogP contribution in [0, 0.1) is 17.2 Å². The number of hydrogen-bond acceptors (Lipinski definition) is 5. The molecule has 1 N–H and O–H groups in total. The molecule has 0 aliphatic carbocycles. The fourth-order valence-electron chi connectivity index (χ4n) is 5.77. The molecule has 2 fully saturated rings. The zero-order valence-electron chi connectivity index (χ0n) is 20.8. The molecule has 3 aromatic heterocycles. The fourth-order valence-corrected chi connectivity index (χ4v) is 5.77. The Kier molecular flexibility index (Phi) is 6.35. The highest BCUT2D eigenvalue weighted by Crippen LogP contribution is 2.36. The number of ether oxygens (including phenoxy) is 1. The standard InChI is InChI=1S/C29H30N6O2/c30-15-20-5-7-23(8-6-20)37-19-21-3-2-12-35(18-21)29(36)34-13-9-22(10-14-34)25-16-32-28-27(25)24-4-1-11-31-26(24)17-33-28/h1,4-8,11,16-17,21-22,31H,2-3,9-10,12-14,18-19H2. The first-order valence-corrected chi connectivity index (χ1v) is 13.1. The molecule has 188 valence electrons. The van der Waals surface area contributed by atoms with Crippen molar-refractivity contribution in [1.82, 2.24) is 24.8 Å². The van der Waals surface area contributed by atoms with Gasteiger partial charge in [0.2, 0.25) is 0 Å². The highest BCUT2D eigenvalue weighted by atomic mass is 16.5. The number of pyridine rings is 2. The lowest BCUT2D eigenvalue weighted by molar-refractivity contribution is 0.104. The molecule has 2 aliphatic rings. The summed E-state index contributed by atoms with van der Waals surface area (Å²) < 4.78 is 5.97. The number of rotatable bonds is 4. The predicted octanol–water partition coefficient (Wildman–Crippen LogP) is 5.07. The third-order valence-electron chi connectivity index (χ3n) is 7.78. The summed E-state index contributed by atoms with van der Waals surface area (Å²) in [6.45, 7) is 3.61. The lowest BCUT2D eigenvalue weighted by Crippen LogP contribution is -2.50. The van der Waals surface area contributed by atoms with Gasteiger partial charge in [-0.3, -0.25) is 0 Å². The van der Waals surface area contributed by atoms with Gasteiger partial charge in [-0.1, -0.05) is 6.07 Å². The quantitative estimate of drug-likeness (QED) is 0.427. The number of fused-ring (bicyclic) bond motifs is 3. The van der Waals surface area contributed by atoms with Gasteiger partial charge in [0, 0.05) is 55.3 Å². The van der Waals surface area contributed by atoms with Gasteiger partial charge in [0.05, 0.1) is 30.0 Å². The third-order valence-corrected chi connectivity index (χ3v) is 7.78. The Balaban J connectivity index is 1.06. The molecule has 0 bridgehead atoms. The van der Waals surface area contributed by atoms with E-state index in [4.69, 9.17) is 10.00 Å². The Labute approximate surface area is 215 Å². The van der Waals surface area contributed by atoms with E-state index in [9.17, 15) is 4.79 Å². The molecule has 1 aromatic carbocycles. The predicted molar refractivity (Wildman–Crippen MR) is 141 cm³/mol. The minimum Gasteiger partial charge on any atom is -0.493 e. The number of nitriles is 1.